The Balaban J connectivity index is 1.47. The van der Waals surface area contributed by atoms with Gasteiger partial charge in [0, 0.05) is 43.3 Å². The largest absolute Gasteiger partial charge is 0.507 e. The molecule has 4 atom stereocenters. The van der Waals surface area contributed by atoms with Crippen molar-refractivity contribution in [3.63, 3.8) is 0 Å². The molecule has 0 amide bonds. The average molecular weight is 427 g/mol. The molecule has 2 unspecified atom stereocenters. The minimum absolute atomic E-state index is 0.0857. The number of benzene rings is 1. The molecule has 31 heavy (non-hydrogen) atoms. The van der Waals surface area contributed by atoms with Crippen LogP contribution >= 0.6 is 0 Å². The first-order valence-corrected chi connectivity index (χ1v) is 10.3. The second kappa shape index (κ2) is 7.26. The zero-order valence-corrected chi connectivity index (χ0v) is 17.2. The van der Waals surface area contributed by atoms with Crippen LogP contribution in [0.5, 0.6) is 5.75 Å². The highest BCUT2D eigenvalue weighted by Gasteiger charge is 2.43. The lowest BCUT2D eigenvalue weighted by atomic mass is 9.96. The van der Waals surface area contributed by atoms with Gasteiger partial charge in [0.05, 0.1) is 17.1 Å². The maximum absolute atomic E-state index is 14.9. The van der Waals surface area contributed by atoms with Crippen LogP contribution in [0.15, 0.2) is 35.3 Å². The number of pyridine rings is 1. The molecule has 9 heteroatoms. The molecule has 7 nitrogen and oxygen atoms in total. The number of phenols is 1. The molecule has 0 radical (unpaired) electrons. The number of aryl methyl sites for hydroxylation is 1. The Bertz CT molecular complexity index is 1210. The molecule has 0 aliphatic carbocycles. The molecule has 2 bridgehead atoms. The summed E-state index contributed by atoms with van der Waals surface area (Å²) in [5, 5.41) is 22.4. The van der Waals surface area contributed by atoms with Crippen molar-refractivity contribution in [3.8, 4) is 17.0 Å². The molecule has 2 fully saturated rings. The standard InChI is InChI=1S/C22H23F2N5O2/c1-28-10-15(23)12-8-14(19(30)9-13(12)22(28)31)16-5-6-20(27-26-16)29(2)18-7-11-3-4-17(25-11)21(18)24/h5-6,8-11,17-18,21,25,30H,3-4,7H2,1-2H3/t11?,17?,18-,21+/m0/s1. The van der Waals surface area contributed by atoms with Crippen molar-refractivity contribution < 1.29 is 13.9 Å². The third-order valence-corrected chi connectivity index (χ3v) is 6.59. The number of aromatic hydroxyl groups is 1. The van der Waals surface area contributed by atoms with Crippen molar-refractivity contribution >= 4 is 16.6 Å². The molecule has 1 aromatic carbocycles. The Morgan fingerprint density at radius 2 is 2.03 bits per heavy atom. The smallest absolute Gasteiger partial charge is 0.258 e. The van der Waals surface area contributed by atoms with Gasteiger partial charge in [0.25, 0.3) is 5.56 Å². The van der Waals surface area contributed by atoms with Crippen molar-refractivity contribution in [2.24, 2.45) is 7.05 Å². The number of phenolic OH excluding ortho intramolecular Hbond substituents is 1. The fraction of sp³-hybridized carbons (Fsp3) is 0.409. The minimum atomic E-state index is -0.986. The maximum atomic E-state index is 14.9. The second-order valence-electron chi connectivity index (χ2n) is 8.49. The van der Waals surface area contributed by atoms with E-state index >= 15 is 0 Å². The lowest BCUT2D eigenvalue weighted by Gasteiger charge is -2.38. The summed E-state index contributed by atoms with van der Waals surface area (Å²) in [6.45, 7) is 0. The Morgan fingerprint density at radius 3 is 2.77 bits per heavy atom. The molecule has 0 spiro atoms. The van der Waals surface area contributed by atoms with Crippen molar-refractivity contribution in [2.45, 2.75) is 43.6 Å². The summed E-state index contributed by atoms with van der Waals surface area (Å²) in [5.41, 5.74) is 0.196. The highest BCUT2D eigenvalue weighted by atomic mass is 19.1. The molecule has 2 N–H and O–H groups in total. The first-order valence-electron chi connectivity index (χ1n) is 10.3. The van der Waals surface area contributed by atoms with Crippen LogP contribution in [-0.2, 0) is 7.05 Å². The molecule has 2 aromatic heterocycles. The van der Waals surface area contributed by atoms with E-state index in [2.05, 4.69) is 15.5 Å². The second-order valence-corrected chi connectivity index (χ2v) is 8.49. The number of fused-ring (bicyclic) bond motifs is 3. The maximum Gasteiger partial charge on any atom is 0.258 e. The van der Waals surface area contributed by atoms with Gasteiger partial charge >= 0.3 is 0 Å². The van der Waals surface area contributed by atoms with E-state index in [-0.39, 0.29) is 34.2 Å². The fourth-order valence-electron chi connectivity index (χ4n) is 4.83. The third kappa shape index (κ3) is 3.23. The molecule has 5 rings (SSSR count). The normalized spacial score (nSPS) is 25.2. The highest BCUT2D eigenvalue weighted by molar-refractivity contribution is 5.89. The van der Waals surface area contributed by atoms with Gasteiger partial charge in [0.2, 0.25) is 0 Å². The molecule has 4 heterocycles. The number of nitrogens with one attached hydrogen (secondary N) is 1. The van der Waals surface area contributed by atoms with E-state index in [0.29, 0.717) is 24.0 Å². The van der Waals surface area contributed by atoms with Crippen molar-refractivity contribution in [2.75, 3.05) is 11.9 Å². The molecule has 3 aromatic rings. The van der Waals surface area contributed by atoms with Gasteiger partial charge in [-0.15, -0.1) is 10.2 Å². The van der Waals surface area contributed by atoms with E-state index in [1.165, 1.54) is 19.2 Å². The van der Waals surface area contributed by atoms with E-state index in [0.717, 1.165) is 23.6 Å². The number of rotatable bonds is 3. The van der Waals surface area contributed by atoms with Crippen LogP contribution in [-0.4, -0.2) is 51.2 Å². The predicted octanol–water partition coefficient (Wildman–Crippen LogP) is 2.51. The van der Waals surface area contributed by atoms with Gasteiger partial charge in [-0.05, 0) is 43.5 Å². The lowest BCUT2D eigenvalue weighted by molar-refractivity contribution is 0.176. The molecular formula is C22H23F2N5O2. The van der Waals surface area contributed by atoms with E-state index in [4.69, 9.17) is 0 Å². The van der Waals surface area contributed by atoms with Gasteiger partial charge in [0.1, 0.15) is 17.7 Å². The van der Waals surface area contributed by atoms with Crippen molar-refractivity contribution in [3.05, 3.63) is 46.6 Å². The zero-order valence-electron chi connectivity index (χ0n) is 17.2. The van der Waals surface area contributed by atoms with Gasteiger partial charge in [-0.1, -0.05) is 0 Å². The number of hydrogen-bond acceptors (Lipinski definition) is 6. The predicted molar refractivity (Wildman–Crippen MR) is 113 cm³/mol. The van der Waals surface area contributed by atoms with Crippen LogP contribution in [0.1, 0.15) is 19.3 Å². The summed E-state index contributed by atoms with van der Waals surface area (Å²) in [6, 6.07) is 5.94. The summed E-state index contributed by atoms with van der Waals surface area (Å²) >= 11 is 0. The summed E-state index contributed by atoms with van der Waals surface area (Å²) in [7, 11) is 3.26. The first kappa shape index (κ1) is 19.9. The van der Waals surface area contributed by atoms with Crippen LogP contribution in [0.2, 0.25) is 0 Å². The number of hydrogen-bond donors (Lipinski definition) is 2. The number of halogens is 2. The average Bonchev–Trinajstić information content (AvgIpc) is 3.17. The van der Waals surface area contributed by atoms with Gasteiger partial charge in [-0.3, -0.25) is 4.79 Å². The van der Waals surface area contributed by atoms with E-state index < -0.39 is 17.5 Å². The van der Waals surface area contributed by atoms with Crippen LogP contribution in [0.3, 0.4) is 0 Å². The highest BCUT2D eigenvalue weighted by Crippen LogP contribution is 2.35. The summed E-state index contributed by atoms with van der Waals surface area (Å²) in [5.74, 6) is -0.237. The number of nitrogens with zero attached hydrogens (tertiary/aromatic N) is 4. The fourth-order valence-corrected chi connectivity index (χ4v) is 4.83. The molecular weight excluding hydrogens is 404 g/mol. The lowest BCUT2D eigenvalue weighted by Crippen LogP contribution is -2.55. The van der Waals surface area contributed by atoms with E-state index in [9.17, 15) is 18.7 Å². The van der Waals surface area contributed by atoms with Crippen LogP contribution < -0.4 is 15.8 Å². The summed E-state index contributed by atoms with van der Waals surface area (Å²) < 4.78 is 30.4. The number of anilines is 1. The number of alkyl halides is 1. The van der Waals surface area contributed by atoms with E-state index in [1.54, 1.807) is 12.1 Å². The van der Waals surface area contributed by atoms with Gasteiger partial charge in [-0.2, -0.15) is 0 Å². The molecule has 2 saturated heterocycles. The minimum Gasteiger partial charge on any atom is -0.507 e. The Hall–Kier alpha value is -3.07. The molecule has 0 saturated carbocycles. The number of aromatic nitrogens is 3. The zero-order chi connectivity index (χ0) is 21.9. The molecule has 162 valence electrons. The van der Waals surface area contributed by atoms with Crippen molar-refractivity contribution in [1.29, 1.82) is 0 Å². The third-order valence-electron chi connectivity index (χ3n) is 6.59. The SMILES string of the molecule is CN(c1ccc(-c2cc3c(F)cn(C)c(=O)c3cc2O)nn1)[C@H]1CC2CCC(N2)[C@H]1F. The van der Waals surface area contributed by atoms with Gasteiger partial charge in [-0.25, -0.2) is 8.78 Å². The van der Waals surface area contributed by atoms with E-state index in [1.807, 2.05) is 11.9 Å². The van der Waals surface area contributed by atoms with Crippen LogP contribution in [0, 0.1) is 5.82 Å². The Morgan fingerprint density at radius 1 is 1.23 bits per heavy atom. The molecule has 2 aliphatic rings. The first-order chi connectivity index (χ1) is 14.8. The Labute approximate surface area is 177 Å². The quantitative estimate of drug-likeness (QED) is 0.668. The van der Waals surface area contributed by atoms with Gasteiger partial charge < -0.3 is 19.9 Å². The van der Waals surface area contributed by atoms with Crippen LogP contribution in [0.25, 0.3) is 22.0 Å². The molecule has 2 aliphatic heterocycles. The van der Waals surface area contributed by atoms with Crippen LogP contribution in [0.4, 0.5) is 14.6 Å². The monoisotopic (exact) mass is 427 g/mol. The summed E-state index contributed by atoms with van der Waals surface area (Å²) in [6.07, 6.45) is 2.66. The Kier molecular flexibility index (Phi) is 4.65. The topological polar surface area (TPSA) is 83.3 Å². The van der Waals surface area contributed by atoms with Crippen molar-refractivity contribution in [1.82, 2.24) is 20.1 Å². The van der Waals surface area contributed by atoms with Gasteiger partial charge in [0.15, 0.2) is 5.82 Å². The summed E-state index contributed by atoms with van der Waals surface area (Å²) in [4.78, 5) is 14.1. The number of piperidine rings is 1.